The van der Waals surface area contributed by atoms with Gasteiger partial charge in [-0.15, -0.1) is 0 Å². The van der Waals surface area contributed by atoms with Crippen LogP contribution in [0.15, 0.2) is 42.5 Å². The number of anilines is 1. The van der Waals surface area contributed by atoms with Crippen LogP contribution in [0.2, 0.25) is 0 Å². The molecule has 1 aliphatic rings. The zero-order chi connectivity index (χ0) is 26.3. The van der Waals surface area contributed by atoms with E-state index in [-0.39, 0.29) is 12.2 Å². The Morgan fingerprint density at radius 3 is 1.78 bits per heavy atom. The van der Waals surface area contributed by atoms with Gasteiger partial charge in [0, 0.05) is 12.2 Å². The second-order valence-electron chi connectivity index (χ2n) is 10.6. The molecule has 37 heavy (non-hydrogen) atoms. The maximum absolute atomic E-state index is 6.31. The fourth-order valence-electron chi connectivity index (χ4n) is 4.29. The molecule has 206 valence electrons. The zero-order valence-corrected chi connectivity index (χ0v) is 23.1. The van der Waals surface area contributed by atoms with E-state index in [4.69, 9.17) is 28.7 Å². The molecule has 3 rings (SSSR count). The van der Waals surface area contributed by atoms with Crippen molar-refractivity contribution in [2.75, 3.05) is 45.0 Å². The third-order valence-corrected chi connectivity index (χ3v) is 6.02. The fourth-order valence-corrected chi connectivity index (χ4v) is 4.29. The van der Waals surface area contributed by atoms with Gasteiger partial charge in [-0.2, -0.15) is 0 Å². The van der Waals surface area contributed by atoms with Crippen LogP contribution in [0.4, 0.5) is 5.69 Å². The molecule has 7 heteroatoms. The van der Waals surface area contributed by atoms with E-state index in [9.17, 15) is 0 Å². The lowest BCUT2D eigenvalue weighted by atomic mass is 10.1. The zero-order valence-electron chi connectivity index (χ0n) is 23.1. The number of aromatic nitrogens is 1. The topological polar surface area (TPSA) is 71.1 Å². The molecule has 0 spiro atoms. The molecule has 0 radical (unpaired) electrons. The molecule has 0 amide bonds. The van der Waals surface area contributed by atoms with Gasteiger partial charge >= 0.3 is 0 Å². The minimum absolute atomic E-state index is 0.0000678. The van der Waals surface area contributed by atoms with E-state index in [1.807, 2.05) is 6.07 Å². The largest absolute Gasteiger partial charge is 0.381 e. The Morgan fingerprint density at radius 2 is 1.27 bits per heavy atom. The fraction of sp³-hybridized carbons (Fsp3) is 0.633. The van der Waals surface area contributed by atoms with E-state index in [0.29, 0.717) is 64.7 Å². The molecule has 0 saturated heterocycles. The van der Waals surface area contributed by atoms with E-state index >= 15 is 0 Å². The van der Waals surface area contributed by atoms with Crippen LogP contribution < -0.4 is 5.32 Å². The summed E-state index contributed by atoms with van der Waals surface area (Å²) >= 11 is 0. The van der Waals surface area contributed by atoms with Crippen molar-refractivity contribution >= 4 is 5.69 Å². The van der Waals surface area contributed by atoms with E-state index < -0.39 is 0 Å². The molecule has 2 heterocycles. The molecule has 0 unspecified atom stereocenters. The van der Waals surface area contributed by atoms with Gasteiger partial charge in [-0.3, -0.25) is 4.98 Å². The van der Waals surface area contributed by atoms with Crippen molar-refractivity contribution in [1.82, 2.24) is 4.98 Å². The lowest BCUT2D eigenvalue weighted by molar-refractivity contribution is -0.0612. The second-order valence-corrected chi connectivity index (χ2v) is 10.6. The summed E-state index contributed by atoms with van der Waals surface area (Å²) in [7, 11) is 0. The van der Waals surface area contributed by atoms with Gasteiger partial charge in [0.15, 0.2) is 0 Å². The predicted octanol–water partition coefficient (Wildman–Crippen LogP) is 5.62. The van der Waals surface area contributed by atoms with Gasteiger partial charge in [-0.05, 0) is 42.4 Å². The average molecular weight is 515 g/mol. The molecular formula is C30H46N2O5. The van der Waals surface area contributed by atoms with Gasteiger partial charge in [0.2, 0.25) is 0 Å². The first-order valence-corrected chi connectivity index (χ1v) is 13.7. The number of hydrogen-bond acceptors (Lipinski definition) is 7. The van der Waals surface area contributed by atoms with Crippen LogP contribution in [-0.2, 0) is 43.4 Å². The summed E-state index contributed by atoms with van der Waals surface area (Å²) < 4.78 is 30.0. The van der Waals surface area contributed by atoms with Crippen molar-refractivity contribution in [3.05, 3.63) is 59.4 Å². The lowest BCUT2D eigenvalue weighted by Crippen LogP contribution is -2.25. The normalized spacial score (nSPS) is 20.9. The molecule has 1 aliphatic heterocycles. The molecule has 2 aromatic rings. The standard InChI is InChI=1S/C30H46N2O5/c1-23(2)14-29-21-34-12-10-33-11-13-35-22-30(15-24(3)4)37-20-28-17-26(16-27(32-28)19-36-29)31-18-25-8-6-5-7-9-25/h5-9,16-17,23-24,29-30H,10-15,18-22H2,1-4H3,(H,31,32)/t29-,30-/m0/s1. The number of rotatable bonds is 7. The summed E-state index contributed by atoms with van der Waals surface area (Å²) in [6, 6.07) is 14.5. The van der Waals surface area contributed by atoms with Crippen molar-refractivity contribution in [3.8, 4) is 0 Å². The summed E-state index contributed by atoms with van der Waals surface area (Å²) in [6.45, 7) is 13.6. The first-order valence-electron chi connectivity index (χ1n) is 13.7. The van der Waals surface area contributed by atoms with Gasteiger partial charge in [-0.1, -0.05) is 58.0 Å². The minimum Gasteiger partial charge on any atom is -0.381 e. The second kappa shape index (κ2) is 16.7. The molecule has 0 saturated carbocycles. The number of hydrogen-bond donors (Lipinski definition) is 1. The Morgan fingerprint density at radius 1 is 0.757 bits per heavy atom. The molecule has 1 aromatic carbocycles. The smallest absolute Gasteiger partial charge is 0.0893 e. The number of benzene rings is 1. The van der Waals surface area contributed by atoms with Crippen molar-refractivity contribution in [1.29, 1.82) is 0 Å². The Bertz CT molecular complexity index is 831. The Kier molecular flexibility index (Phi) is 13.4. The summed E-state index contributed by atoms with van der Waals surface area (Å²) in [5, 5.41) is 3.55. The van der Waals surface area contributed by atoms with Gasteiger partial charge < -0.3 is 29.0 Å². The lowest BCUT2D eigenvalue weighted by Gasteiger charge is -2.22. The summed E-state index contributed by atoms with van der Waals surface area (Å²) in [5.41, 5.74) is 4.00. The average Bonchev–Trinajstić information content (AvgIpc) is 2.87. The summed E-state index contributed by atoms with van der Waals surface area (Å²) in [6.07, 6.45) is 1.85. The molecule has 2 atom stereocenters. The van der Waals surface area contributed by atoms with Crippen LogP contribution in [0.25, 0.3) is 0 Å². The molecule has 7 nitrogen and oxygen atoms in total. The number of nitrogens with one attached hydrogen (secondary N) is 1. The van der Waals surface area contributed by atoms with Crippen molar-refractivity contribution in [2.45, 2.75) is 72.5 Å². The van der Waals surface area contributed by atoms with E-state index in [1.54, 1.807) is 0 Å². The monoisotopic (exact) mass is 514 g/mol. The van der Waals surface area contributed by atoms with Crippen molar-refractivity contribution in [2.24, 2.45) is 11.8 Å². The van der Waals surface area contributed by atoms with E-state index in [1.165, 1.54) is 5.56 Å². The van der Waals surface area contributed by atoms with Gasteiger partial charge in [0.25, 0.3) is 0 Å². The first-order chi connectivity index (χ1) is 18.0. The maximum atomic E-state index is 6.31. The number of pyridine rings is 1. The number of ether oxygens (including phenoxy) is 5. The SMILES string of the molecule is CC(C)C[C@H]1COCCOCCOC[C@H](CC(C)C)OCc2cc(NCc3ccccc3)cc(n2)CO1. The van der Waals surface area contributed by atoms with Crippen molar-refractivity contribution in [3.63, 3.8) is 0 Å². The highest BCUT2D eigenvalue weighted by molar-refractivity contribution is 5.46. The van der Waals surface area contributed by atoms with Crippen LogP contribution in [0.1, 0.15) is 57.5 Å². The summed E-state index contributed by atoms with van der Waals surface area (Å²) in [4.78, 5) is 4.89. The third-order valence-electron chi connectivity index (χ3n) is 6.02. The highest BCUT2D eigenvalue weighted by Crippen LogP contribution is 2.19. The molecule has 1 aromatic heterocycles. The van der Waals surface area contributed by atoms with Crippen molar-refractivity contribution < 1.29 is 23.7 Å². The molecule has 2 bridgehead atoms. The quantitative estimate of drug-likeness (QED) is 0.514. The molecule has 1 N–H and O–H groups in total. The van der Waals surface area contributed by atoms with Crippen LogP contribution in [0.5, 0.6) is 0 Å². The number of nitrogens with zero attached hydrogens (tertiary/aromatic N) is 1. The Balaban J connectivity index is 1.76. The molecular weight excluding hydrogens is 468 g/mol. The summed E-state index contributed by atoms with van der Waals surface area (Å²) in [5.74, 6) is 1.02. The highest BCUT2D eigenvalue weighted by Gasteiger charge is 2.16. The molecule has 0 fully saturated rings. The predicted molar refractivity (Wildman–Crippen MR) is 147 cm³/mol. The third kappa shape index (κ3) is 12.4. The van der Waals surface area contributed by atoms with Crippen LogP contribution in [-0.4, -0.2) is 56.8 Å². The van der Waals surface area contributed by atoms with Gasteiger partial charge in [-0.25, -0.2) is 0 Å². The van der Waals surface area contributed by atoms with Crippen LogP contribution >= 0.6 is 0 Å². The number of fused-ring (bicyclic) bond motifs is 2. The van der Waals surface area contributed by atoms with Crippen LogP contribution in [0.3, 0.4) is 0 Å². The minimum atomic E-state index is 0.0000678. The maximum Gasteiger partial charge on any atom is 0.0893 e. The van der Waals surface area contributed by atoms with E-state index in [0.717, 1.165) is 36.5 Å². The molecule has 0 aliphatic carbocycles. The van der Waals surface area contributed by atoms with E-state index in [2.05, 4.69) is 69.4 Å². The first kappa shape index (κ1) is 29.5. The highest BCUT2D eigenvalue weighted by atomic mass is 16.6. The van der Waals surface area contributed by atoms with Crippen LogP contribution in [0, 0.1) is 11.8 Å². The van der Waals surface area contributed by atoms with Gasteiger partial charge in [0.05, 0.1) is 76.5 Å². The Labute approximate surface area is 223 Å². The Hall–Kier alpha value is -2.03. The van der Waals surface area contributed by atoms with Gasteiger partial charge in [0.1, 0.15) is 0 Å².